The van der Waals surface area contributed by atoms with Crippen LogP contribution in [0.25, 0.3) is 0 Å². The summed E-state index contributed by atoms with van der Waals surface area (Å²) in [5.74, 6) is -0.743. The molecule has 29 heavy (non-hydrogen) atoms. The van der Waals surface area contributed by atoms with E-state index >= 15 is 0 Å². The monoisotopic (exact) mass is 406 g/mol. The van der Waals surface area contributed by atoms with E-state index in [9.17, 15) is 9.90 Å². The van der Waals surface area contributed by atoms with Gasteiger partial charge in [-0.1, -0.05) is 94.5 Å². The van der Waals surface area contributed by atoms with Gasteiger partial charge in [-0.25, -0.2) is 0 Å². The van der Waals surface area contributed by atoms with Gasteiger partial charge in [-0.15, -0.1) is 0 Å². The van der Waals surface area contributed by atoms with Crippen LogP contribution in [0.15, 0.2) is 30.3 Å². The average Bonchev–Trinajstić information content (AvgIpc) is 2.72. The summed E-state index contributed by atoms with van der Waals surface area (Å²) in [7, 11) is 0. The Kier molecular flexibility index (Phi) is 16.5. The van der Waals surface area contributed by atoms with Crippen LogP contribution in [0.5, 0.6) is 0 Å². The van der Waals surface area contributed by atoms with Gasteiger partial charge < -0.3 is 14.9 Å². The van der Waals surface area contributed by atoms with Gasteiger partial charge in [-0.3, -0.25) is 4.79 Å². The topological polar surface area (TPSA) is 66.8 Å². The fourth-order valence-corrected chi connectivity index (χ4v) is 3.56. The van der Waals surface area contributed by atoms with E-state index in [2.05, 4.69) is 24.3 Å². The van der Waals surface area contributed by atoms with E-state index in [1.807, 2.05) is 6.07 Å². The molecule has 1 aromatic rings. The van der Waals surface area contributed by atoms with Crippen LogP contribution in [-0.4, -0.2) is 28.9 Å². The fourth-order valence-electron chi connectivity index (χ4n) is 3.56. The molecule has 0 saturated carbocycles. The third kappa shape index (κ3) is 17.2. The summed E-state index contributed by atoms with van der Waals surface area (Å²) in [5.41, 5.74) is 1.25. The Morgan fingerprint density at radius 3 is 1.86 bits per heavy atom. The van der Waals surface area contributed by atoms with Crippen molar-refractivity contribution in [3.8, 4) is 0 Å². The normalized spacial score (nSPS) is 12.2. The summed E-state index contributed by atoms with van der Waals surface area (Å²) in [6, 6.07) is 10.3. The quantitative estimate of drug-likeness (QED) is 0.243. The van der Waals surface area contributed by atoms with E-state index in [1.165, 1.54) is 56.9 Å². The first-order valence-corrected chi connectivity index (χ1v) is 11.7. The molecule has 0 saturated heterocycles. The smallest absolute Gasteiger partial charge is 0.303 e. The highest BCUT2D eigenvalue weighted by molar-refractivity contribution is 5.66. The van der Waals surface area contributed by atoms with E-state index in [4.69, 9.17) is 9.84 Å². The lowest BCUT2D eigenvalue weighted by Crippen LogP contribution is -2.06. The van der Waals surface area contributed by atoms with Crippen molar-refractivity contribution in [2.45, 2.75) is 109 Å². The van der Waals surface area contributed by atoms with E-state index in [0.717, 1.165) is 45.3 Å². The number of carbonyl (C=O) groups is 1. The molecule has 1 aromatic carbocycles. The molecule has 4 nitrogen and oxygen atoms in total. The van der Waals surface area contributed by atoms with Crippen molar-refractivity contribution >= 4 is 5.97 Å². The predicted octanol–water partition coefficient (Wildman–Crippen LogP) is 6.50. The molecule has 0 radical (unpaired) electrons. The summed E-state index contributed by atoms with van der Waals surface area (Å²) in [4.78, 5) is 10.4. The molecule has 0 aliphatic rings. The predicted molar refractivity (Wildman–Crippen MR) is 119 cm³/mol. The van der Waals surface area contributed by atoms with Gasteiger partial charge in [0.15, 0.2) is 0 Å². The number of aliphatic hydroxyl groups excluding tert-OH is 1. The number of hydrogen-bond acceptors (Lipinski definition) is 3. The second kappa shape index (κ2) is 18.6. The fraction of sp³-hybridized carbons (Fsp3) is 0.720. The number of rotatable bonds is 20. The Morgan fingerprint density at radius 1 is 0.759 bits per heavy atom. The van der Waals surface area contributed by atoms with Gasteiger partial charge in [0.2, 0.25) is 0 Å². The Balaban J connectivity index is 1.74. The molecule has 2 N–H and O–H groups in total. The van der Waals surface area contributed by atoms with E-state index in [0.29, 0.717) is 6.42 Å². The number of ether oxygens (including phenoxy) is 1. The van der Waals surface area contributed by atoms with Gasteiger partial charge in [0, 0.05) is 13.0 Å². The molecule has 0 aliphatic heterocycles. The third-order valence-corrected chi connectivity index (χ3v) is 5.37. The van der Waals surface area contributed by atoms with Gasteiger partial charge in [0.05, 0.1) is 12.7 Å². The summed E-state index contributed by atoms with van der Waals surface area (Å²) in [6.45, 7) is 1.59. The molecular formula is C25H42O4. The number of aliphatic carboxylic acids is 1. The molecule has 0 bridgehead atoms. The minimum atomic E-state index is -0.743. The van der Waals surface area contributed by atoms with Crippen molar-refractivity contribution in [1.82, 2.24) is 0 Å². The first-order chi connectivity index (χ1) is 14.2. The summed E-state index contributed by atoms with van der Waals surface area (Å²) in [5, 5.41) is 18.5. The molecule has 1 unspecified atom stereocenters. The van der Waals surface area contributed by atoms with Gasteiger partial charge in [-0.05, 0) is 31.2 Å². The Labute approximate surface area is 177 Å². The molecule has 0 aromatic heterocycles. The molecule has 0 heterocycles. The van der Waals surface area contributed by atoms with Crippen molar-refractivity contribution < 1.29 is 19.7 Å². The number of benzene rings is 1. The van der Waals surface area contributed by atoms with Crippen molar-refractivity contribution in [2.75, 3.05) is 6.61 Å². The SMILES string of the molecule is O=C(O)CCCCC(O)CCCCCCCCCCCCOCc1ccccc1. The minimum Gasteiger partial charge on any atom is -0.481 e. The van der Waals surface area contributed by atoms with Gasteiger partial charge in [0.1, 0.15) is 0 Å². The highest BCUT2D eigenvalue weighted by atomic mass is 16.5. The standard InChI is InChI=1S/C25H42O4/c26-24(19-13-14-20-25(27)28)18-12-7-5-3-1-2-4-6-8-15-21-29-22-23-16-10-9-11-17-23/h9-11,16-17,24,26H,1-8,12-15,18-22H2,(H,27,28). The lowest BCUT2D eigenvalue weighted by molar-refractivity contribution is -0.137. The molecule has 1 rings (SSSR count). The molecule has 4 heteroatoms. The summed E-state index contributed by atoms with van der Waals surface area (Å²) < 4.78 is 5.71. The second-order valence-corrected chi connectivity index (χ2v) is 8.16. The number of unbranched alkanes of at least 4 members (excludes halogenated alkanes) is 10. The van der Waals surface area contributed by atoms with Crippen LogP contribution in [-0.2, 0) is 16.1 Å². The number of carboxylic acid groups (broad SMARTS) is 1. The first kappa shape index (κ1) is 25.6. The average molecular weight is 407 g/mol. The van der Waals surface area contributed by atoms with E-state index in [1.54, 1.807) is 0 Å². The maximum atomic E-state index is 10.4. The largest absolute Gasteiger partial charge is 0.481 e. The zero-order valence-electron chi connectivity index (χ0n) is 18.2. The molecule has 0 fully saturated rings. The highest BCUT2D eigenvalue weighted by Gasteiger charge is 2.05. The van der Waals surface area contributed by atoms with Gasteiger partial charge >= 0.3 is 5.97 Å². The lowest BCUT2D eigenvalue weighted by atomic mass is 10.0. The van der Waals surface area contributed by atoms with E-state index < -0.39 is 5.97 Å². The highest BCUT2D eigenvalue weighted by Crippen LogP contribution is 2.14. The minimum absolute atomic E-state index is 0.217. The molecule has 0 aliphatic carbocycles. The van der Waals surface area contributed by atoms with Gasteiger partial charge in [-0.2, -0.15) is 0 Å². The number of hydrogen-bond donors (Lipinski definition) is 2. The van der Waals surface area contributed by atoms with Crippen molar-refractivity contribution in [2.24, 2.45) is 0 Å². The van der Waals surface area contributed by atoms with Crippen LogP contribution < -0.4 is 0 Å². The maximum absolute atomic E-state index is 10.4. The summed E-state index contributed by atoms with van der Waals surface area (Å²) >= 11 is 0. The van der Waals surface area contributed by atoms with Crippen LogP contribution in [0.2, 0.25) is 0 Å². The molecule has 0 spiro atoms. The molecule has 166 valence electrons. The van der Waals surface area contributed by atoms with Crippen molar-refractivity contribution in [3.05, 3.63) is 35.9 Å². The molecule has 0 amide bonds. The zero-order valence-corrected chi connectivity index (χ0v) is 18.2. The van der Waals surface area contributed by atoms with Gasteiger partial charge in [0.25, 0.3) is 0 Å². The van der Waals surface area contributed by atoms with Crippen LogP contribution in [0, 0.1) is 0 Å². The Hall–Kier alpha value is -1.39. The number of carboxylic acids is 1. The summed E-state index contributed by atoms with van der Waals surface area (Å²) in [6.07, 6.45) is 15.6. The second-order valence-electron chi connectivity index (χ2n) is 8.16. The van der Waals surface area contributed by atoms with E-state index in [-0.39, 0.29) is 12.5 Å². The number of aliphatic hydroxyl groups is 1. The molecular weight excluding hydrogens is 364 g/mol. The van der Waals surface area contributed by atoms with Crippen molar-refractivity contribution in [3.63, 3.8) is 0 Å². The maximum Gasteiger partial charge on any atom is 0.303 e. The van der Waals surface area contributed by atoms with Crippen LogP contribution in [0.3, 0.4) is 0 Å². The Morgan fingerprint density at radius 2 is 1.28 bits per heavy atom. The van der Waals surface area contributed by atoms with Crippen LogP contribution in [0.4, 0.5) is 0 Å². The molecule has 1 atom stereocenters. The lowest BCUT2D eigenvalue weighted by Gasteiger charge is -2.09. The van der Waals surface area contributed by atoms with Crippen LogP contribution >= 0.6 is 0 Å². The Bertz CT molecular complexity index is 489. The third-order valence-electron chi connectivity index (χ3n) is 5.37. The zero-order chi connectivity index (χ0) is 21.0. The first-order valence-electron chi connectivity index (χ1n) is 11.7. The van der Waals surface area contributed by atoms with Crippen molar-refractivity contribution in [1.29, 1.82) is 0 Å². The van der Waals surface area contributed by atoms with Crippen LogP contribution in [0.1, 0.15) is 102 Å².